The lowest BCUT2D eigenvalue weighted by atomic mass is 9.96. The first-order valence-electron chi connectivity index (χ1n) is 9.39. The van der Waals surface area contributed by atoms with Crippen molar-refractivity contribution < 1.29 is 19.2 Å². The molecule has 27 heavy (non-hydrogen) atoms. The average molecular weight is 372 g/mol. The molecule has 2 saturated heterocycles. The van der Waals surface area contributed by atoms with Gasteiger partial charge in [-0.3, -0.25) is 4.79 Å². The van der Waals surface area contributed by atoms with Crippen molar-refractivity contribution >= 4 is 23.3 Å². The van der Waals surface area contributed by atoms with Gasteiger partial charge in [-0.05, 0) is 25.0 Å². The predicted octanol–water partition coefficient (Wildman–Crippen LogP) is 1.73. The maximum atomic E-state index is 12.4. The Kier molecular flexibility index (Phi) is 4.98. The van der Waals surface area contributed by atoms with Crippen LogP contribution in [-0.2, 0) is 14.4 Å². The molecule has 8 heteroatoms. The number of para-hydroxylation sites is 1. The van der Waals surface area contributed by atoms with Crippen molar-refractivity contribution in [1.82, 2.24) is 10.2 Å². The number of rotatable bonds is 4. The van der Waals surface area contributed by atoms with Crippen molar-refractivity contribution in [3.05, 3.63) is 30.3 Å². The minimum Gasteiger partial charge on any atom is -0.386 e. The summed E-state index contributed by atoms with van der Waals surface area (Å²) in [7, 11) is 0. The number of benzene rings is 1. The Morgan fingerprint density at radius 2 is 2.15 bits per heavy atom. The first kappa shape index (κ1) is 17.8. The summed E-state index contributed by atoms with van der Waals surface area (Å²) < 4.78 is 5.51. The van der Waals surface area contributed by atoms with Gasteiger partial charge in [0, 0.05) is 38.2 Å². The maximum Gasteiger partial charge on any atom is 0.321 e. The van der Waals surface area contributed by atoms with Crippen molar-refractivity contribution in [1.29, 1.82) is 0 Å². The lowest BCUT2D eigenvalue weighted by molar-refractivity contribution is -0.115. The summed E-state index contributed by atoms with van der Waals surface area (Å²) in [6.45, 7) is 2.24. The Bertz CT molecular complexity index is 732. The predicted molar refractivity (Wildman–Crippen MR) is 99.5 cm³/mol. The zero-order chi connectivity index (χ0) is 18.7. The largest absolute Gasteiger partial charge is 0.386 e. The molecule has 3 heterocycles. The van der Waals surface area contributed by atoms with Gasteiger partial charge >= 0.3 is 6.03 Å². The molecule has 2 N–H and O–H groups in total. The Morgan fingerprint density at radius 1 is 1.30 bits per heavy atom. The Hall–Kier alpha value is -2.61. The third-order valence-corrected chi connectivity index (χ3v) is 5.24. The number of hydrogen-bond donors (Lipinski definition) is 2. The van der Waals surface area contributed by atoms with Crippen molar-refractivity contribution in [3.63, 3.8) is 0 Å². The highest BCUT2D eigenvalue weighted by Crippen LogP contribution is 2.34. The first-order chi connectivity index (χ1) is 13.1. The number of anilines is 1. The summed E-state index contributed by atoms with van der Waals surface area (Å²) in [4.78, 5) is 32.1. The number of carbonyl (C=O) groups excluding carboxylic acids is 2. The second kappa shape index (κ2) is 7.56. The van der Waals surface area contributed by atoms with E-state index in [9.17, 15) is 9.59 Å². The van der Waals surface area contributed by atoms with E-state index in [1.54, 1.807) is 4.90 Å². The van der Waals surface area contributed by atoms with Crippen LogP contribution in [-0.4, -0.2) is 60.5 Å². The fourth-order valence-electron chi connectivity index (χ4n) is 3.72. The number of carbonyl (C=O) groups is 2. The maximum absolute atomic E-state index is 12.4. The number of oxime groups is 1. The number of hydrogen-bond acceptors (Lipinski definition) is 5. The lowest BCUT2D eigenvalue weighted by Crippen LogP contribution is -2.40. The Labute approximate surface area is 157 Å². The summed E-state index contributed by atoms with van der Waals surface area (Å²) in [6, 6.07) is 9.16. The van der Waals surface area contributed by atoms with Crippen LogP contribution in [0.3, 0.4) is 0 Å². The number of amides is 3. The fourth-order valence-corrected chi connectivity index (χ4v) is 3.72. The topological polar surface area (TPSA) is 92.3 Å². The van der Waals surface area contributed by atoms with Crippen LogP contribution < -0.4 is 10.6 Å². The van der Waals surface area contributed by atoms with Gasteiger partial charge in [-0.15, -0.1) is 0 Å². The van der Waals surface area contributed by atoms with E-state index in [4.69, 9.17) is 9.57 Å². The van der Waals surface area contributed by atoms with Gasteiger partial charge in [0.05, 0.1) is 12.6 Å². The van der Waals surface area contributed by atoms with Crippen LogP contribution in [0.1, 0.15) is 25.7 Å². The van der Waals surface area contributed by atoms with E-state index >= 15 is 0 Å². The molecule has 3 amide bonds. The summed E-state index contributed by atoms with van der Waals surface area (Å²) in [5, 5.41) is 9.75. The SMILES string of the molecule is O=C(NC[C@H]1CCCO1)C1=NO[C@]2(CCN(C(=O)Nc3ccccc3)C2)C1. The highest BCUT2D eigenvalue weighted by molar-refractivity contribution is 6.39. The van der Waals surface area contributed by atoms with Crippen LogP contribution >= 0.6 is 0 Å². The molecular formula is C19H24N4O4. The van der Waals surface area contributed by atoms with Crippen molar-refractivity contribution in [3.8, 4) is 0 Å². The third-order valence-electron chi connectivity index (χ3n) is 5.24. The highest BCUT2D eigenvalue weighted by Gasteiger charge is 2.48. The van der Waals surface area contributed by atoms with Crippen LogP contribution in [0.15, 0.2) is 35.5 Å². The van der Waals surface area contributed by atoms with E-state index < -0.39 is 5.60 Å². The fraction of sp³-hybridized carbons (Fsp3) is 0.526. The van der Waals surface area contributed by atoms with E-state index in [0.717, 1.165) is 25.1 Å². The van der Waals surface area contributed by atoms with Crippen molar-refractivity contribution in [2.45, 2.75) is 37.4 Å². The van der Waals surface area contributed by atoms with E-state index in [2.05, 4.69) is 15.8 Å². The van der Waals surface area contributed by atoms with Gasteiger partial charge in [0.15, 0.2) is 5.60 Å². The van der Waals surface area contributed by atoms with E-state index in [0.29, 0.717) is 38.2 Å². The quantitative estimate of drug-likeness (QED) is 0.842. The van der Waals surface area contributed by atoms with Crippen LogP contribution in [0.5, 0.6) is 0 Å². The van der Waals surface area contributed by atoms with Crippen LogP contribution in [0.2, 0.25) is 0 Å². The molecule has 3 aliphatic heterocycles. The molecule has 0 radical (unpaired) electrons. The van der Waals surface area contributed by atoms with E-state index in [1.165, 1.54) is 0 Å². The zero-order valence-corrected chi connectivity index (χ0v) is 15.1. The van der Waals surface area contributed by atoms with Crippen LogP contribution in [0.4, 0.5) is 10.5 Å². The Morgan fingerprint density at radius 3 is 2.93 bits per heavy atom. The lowest BCUT2D eigenvalue weighted by Gasteiger charge is -2.22. The zero-order valence-electron chi connectivity index (χ0n) is 15.1. The summed E-state index contributed by atoms with van der Waals surface area (Å²) in [6.07, 6.45) is 3.17. The molecule has 0 bridgehead atoms. The van der Waals surface area contributed by atoms with E-state index in [-0.39, 0.29) is 18.0 Å². The molecule has 2 atom stereocenters. The van der Waals surface area contributed by atoms with E-state index in [1.807, 2.05) is 30.3 Å². The molecule has 4 rings (SSSR count). The molecule has 1 aromatic rings. The van der Waals surface area contributed by atoms with Gasteiger partial charge in [0.25, 0.3) is 5.91 Å². The van der Waals surface area contributed by atoms with Gasteiger partial charge in [0.1, 0.15) is 5.71 Å². The van der Waals surface area contributed by atoms with Gasteiger partial charge in [-0.25, -0.2) is 4.79 Å². The van der Waals surface area contributed by atoms with Gasteiger partial charge < -0.3 is 25.1 Å². The summed E-state index contributed by atoms with van der Waals surface area (Å²) in [5.74, 6) is -0.213. The molecule has 0 aliphatic carbocycles. The number of urea groups is 1. The molecule has 0 unspecified atom stereocenters. The second-order valence-corrected chi connectivity index (χ2v) is 7.30. The van der Waals surface area contributed by atoms with Crippen LogP contribution in [0.25, 0.3) is 0 Å². The molecule has 2 fully saturated rings. The molecule has 144 valence electrons. The molecule has 8 nitrogen and oxygen atoms in total. The molecule has 1 spiro atoms. The van der Waals surface area contributed by atoms with Gasteiger partial charge in [-0.2, -0.15) is 0 Å². The van der Waals surface area contributed by atoms with Gasteiger partial charge in [-0.1, -0.05) is 23.4 Å². The number of nitrogens with zero attached hydrogens (tertiary/aromatic N) is 2. The smallest absolute Gasteiger partial charge is 0.321 e. The summed E-state index contributed by atoms with van der Waals surface area (Å²) >= 11 is 0. The van der Waals surface area contributed by atoms with Gasteiger partial charge in [0.2, 0.25) is 0 Å². The molecule has 0 saturated carbocycles. The molecule has 1 aromatic carbocycles. The number of likely N-dealkylation sites (tertiary alicyclic amines) is 1. The van der Waals surface area contributed by atoms with Crippen LogP contribution in [0, 0.1) is 0 Å². The highest BCUT2D eigenvalue weighted by atomic mass is 16.7. The summed E-state index contributed by atoms with van der Waals surface area (Å²) in [5.41, 5.74) is 0.546. The van der Waals surface area contributed by atoms with Crippen molar-refractivity contribution in [2.24, 2.45) is 5.16 Å². The second-order valence-electron chi connectivity index (χ2n) is 7.30. The first-order valence-corrected chi connectivity index (χ1v) is 9.39. The normalized spacial score (nSPS) is 26.7. The number of nitrogens with one attached hydrogen (secondary N) is 2. The number of ether oxygens (including phenoxy) is 1. The minimum absolute atomic E-state index is 0.0921. The molecule has 3 aliphatic rings. The minimum atomic E-state index is -0.593. The van der Waals surface area contributed by atoms with Crippen molar-refractivity contribution in [2.75, 3.05) is 31.6 Å². The third kappa shape index (κ3) is 4.05. The average Bonchev–Trinajstić information content (AvgIpc) is 3.43. The monoisotopic (exact) mass is 372 g/mol. The standard InChI is InChI=1S/C19H24N4O4/c24-17(20-12-15-7-4-10-26-15)16-11-19(27-22-16)8-9-23(13-19)18(25)21-14-5-2-1-3-6-14/h1-3,5-6,15H,4,7-13H2,(H,20,24)(H,21,25)/t15-,19-/m1/s1. The molecule has 0 aromatic heterocycles. The molecular weight excluding hydrogens is 348 g/mol. The Balaban J connectivity index is 1.27.